The standard InChI is InChI=1S/C15H13N3O3/c1-3-10-8-13(19)18(9-10)15-17-16-14(21-15)11-4-6-12(20-2)7-5-11/h1,4-7,10H,8-9H2,2H3. The smallest absolute Gasteiger partial charge is 0.325 e. The van der Waals surface area contributed by atoms with Gasteiger partial charge in [0.2, 0.25) is 11.8 Å². The first-order valence-electron chi connectivity index (χ1n) is 6.45. The number of benzene rings is 1. The van der Waals surface area contributed by atoms with Crippen molar-refractivity contribution in [1.29, 1.82) is 0 Å². The van der Waals surface area contributed by atoms with Gasteiger partial charge in [0.05, 0.1) is 7.11 Å². The molecule has 2 heterocycles. The average Bonchev–Trinajstić information content (AvgIpc) is 3.13. The molecule has 0 saturated carbocycles. The monoisotopic (exact) mass is 283 g/mol. The summed E-state index contributed by atoms with van der Waals surface area (Å²) in [5.41, 5.74) is 0.759. The van der Waals surface area contributed by atoms with E-state index in [1.165, 1.54) is 4.90 Å². The number of hydrogen-bond donors (Lipinski definition) is 0. The summed E-state index contributed by atoms with van der Waals surface area (Å²) in [7, 11) is 1.60. The van der Waals surface area contributed by atoms with Gasteiger partial charge in [0.1, 0.15) is 5.75 Å². The van der Waals surface area contributed by atoms with E-state index in [4.69, 9.17) is 15.6 Å². The summed E-state index contributed by atoms with van der Waals surface area (Å²) in [4.78, 5) is 13.3. The van der Waals surface area contributed by atoms with Crippen LogP contribution in [0, 0.1) is 18.3 Å². The lowest BCUT2D eigenvalue weighted by atomic mass is 10.1. The predicted octanol–water partition coefficient (Wildman–Crippen LogP) is 1.73. The fourth-order valence-electron chi connectivity index (χ4n) is 2.18. The van der Waals surface area contributed by atoms with Crippen LogP contribution in [0.5, 0.6) is 5.75 Å². The molecule has 1 aliphatic rings. The van der Waals surface area contributed by atoms with Gasteiger partial charge in [0, 0.05) is 24.4 Å². The van der Waals surface area contributed by atoms with Gasteiger partial charge in [-0.2, -0.15) is 0 Å². The van der Waals surface area contributed by atoms with E-state index in [-0.39, 0.29) is 17.8 Å². The molecule has 2 aromatic rings. The van der Waals surface area contributed by atoms with E-state index in [0.717, 1.165) is 11.3 Å². The van der Waals surface area contributed by atoms with Gasteiger partial charge in [-0.15, -0.1) is 17.4 Å². The number of methoxy groups -OCH3 is 1. The zero-order valence-corrected chi connectivity index (χ0v) is 11.4. The summed E-state index contributed by atoms with van der Waals surface area (Å²) in [5.74, 6) is 3.47. The van der Waals surface area contributed by atoms with E-state index in [9.17, 15) is 4.79 Å². The molecule has 6 nitrogen and oxygen atoms in total. The Morgan fingerprint density at radius 3 is 2.76 bits per heavy atom. The van der Waals surface area contributed by atoms with Crippen molar-refractivity contribution < 1.29 is 13.9 Å². The van der Waals surface area contributed by atoms with Crippen LogP contribution in [0.15, 0.2) is 28.7 Å². The summed E-state index contributed by atoms with van der Waals surface area (Å²) in [6.45, 7) is 0.416. The van der Waals surface area contributed by atoms with Crippen molar-refractivity contribution in [1.82, 2.24) is 10.2 Å². The lowest BCUT2D eigenvalue weighted by molar-refractivity contribution is -0.117. The molecule has 1 fully saturated rings. The molecule has 1 aromatic heterocycles. The van der Waals surface area contributed by atoms with Crippen molar-refractivity contribution in [2.45, 2.75) is 6.42 Å². The number of aromatic nitrogens is 2. The fourth-order valence-corrected chi connectivity index (χ4v) is 2.18. The van der Waals surface area contributed by atoms with E-state index in [1.807, 2.05) is 12.1 Å². The molecule has 1 atom stereocenters. The molecule has 106 valence electrons. The molecule has 1 aliphatic heterocycles. The van der Waals surface area contributed by atoms with Crippen LogP contribution in [0.3, 0.4) is 0 Å². The molecule has 0 bridgehead atoms. The third kappa shape index (κ3) is 2.46. The van der Waals surface area contributed by atoms with Crippen molar-refractivity contribution in [3.8, 4) is 29.5 Å². The van der Waals surface area contributed by atoms with Gasteiger partial charge in [-0.25, -0.2) is 0 Å². The SMILES string of the molecule is C#CC1CC(=O)N(c2nnc(-c3ccc(OC)cc3)o2)C1. The Balaban J connectivity index is 1.83. The molecular formula is C15H13N3O3. The lowest BCUT2D eigenvalue weighted by Crippen LogP contribution is -2.24. The van der Waals surface area contributed by atoms with E-state index < -0.39 is 0 Å². The molecule has 0 radical (unpaired) electrons. The highest BCUT2D eigenvalue weighted by Gasteiger charge is 2.32. The molecular weight excluding hydrogens is 270 g/mol. The van der Waals surface area contributed by atoms with Crippen molar-refractivity contribution in [2.75, 3.05) is 18.6 Å². The van der Waals surface area contributed by atoms with Crippen molar-refractivity contribution in [3.63, 3.8) is 0 Å². The van der Waals surface area contributed by atoms with Gasteiger partial charge in [-0.05, 0) is 24.3 Å². The molecule has 0 N–H and O–H groups in total. The Kier molecular flexibility index (Phi) is 3.32. The van der Waals surface area contributed by atoms with Crippen LogP contribution in [0.4, 0.5) is 6.01 Å². The maximum absolute atomic E-state index is 11.9. The quantitative estimate of drug-likeness (QED) is 0.802. The summed E-state index contributed by atoms with van der Waals surface area (Å²) in [6.07, 6.45) is 5.67. The highest BCUT2D eigenvalue weighted by Crippen LogP contribution is 2.27. The zero-order valence-electron chi connectivity index (χ0n) is 11.4. The minimum atomic E-state index is -0.103. The van der Waals surface area contributed by atoms with E-state index in [2.05, 4.69) is 16.1 Å². The van der Waals surface area contributed by atoms with Crippen LogP contribution in [-0.2, 0) is 4.79 Å². The summed E-state index contributed by atoms with van der Waals surface area (Å²) in [6, 6.07) is 7.41. The van der Waals surface area contributed by atoms with Gasteiger partial charge >= 0.3 is 6.01 Å². The predicted molar refractivity (Wildman–Crippen MR) is 75.6 cm³/mol. The van der Waals surface area contributed by atoms with Crippen LogP contribution >= 0.6 is 0 Å². The number of ether oxygens (including phenoxy) is 1. The maximum atomic E-state index is 11.9. The number of hydrogen-bond acceptors (Lipinski definition) is 5. The minimum absolute atomic E-state index is 0.0946. The van der Waals surface area contributed by atoms with Gasteiger partial charge in [-0.1, -0.05) is 5.10 Å². The lowest BCUT2D eigenvalue weighted by Gasteiger charge is -2.08. The van der Waals surface area contributed by atoms with Gasteiger partial charge in [0.15, 0.2) is 0 Å². The number of terminal acetylenes is 1. The van der Waals surface area contributed by atoms with Crippen LogP contribution in [0.1, 0.15) is 6.42 Å². The topological polar surface area (TPSA) is 68.5 Å². The van der Waals surface area contributed by atoms with Crippen LogP contribution in [0.2, 0.25) is 0 Å². The van der Waals surface area contributed by atoms with Crippen LogP contribution in [-0.4, -0.2) is 29.8 Å². The maximum Gasteiger partial charge on any atom is 0.325 e. The minimum Gasteiger partial charge on any atom is -0.497 e. The molecule has 0 spiro atoms. The second kappa shape index (κ2) is 5.29. The van der Waals surface area contributed by atoms with Crippen LogP contribution < -0.4 is 9.64 Å². The molecule has 1 saturated heterocycles. The van der Waals surface area contributed by atoms with Crippen molar-refractivity contribution in [3.05, 3.63) is 24.3 Å². The van der Waals surface area contributed by atoms with Crippen molar-refractivity contribution in [2.24, 2.45) is 5.92 Å². The molecule has 21 heavy (non-hydrogen) atoms. The Hall–Kier alpha value is -2.81. The largest absolute Gasteiger partial charge is 0.497 e. The molecule has 3 rings (SSSR count). The summed E-state index contributed by atoms with van der Waals surface area (Å²) >= 11 is 0. The number of carbonyl (C=O) groups excluding carboxylic acids is 1. The first-order chi connectivity index (χ1) is 10.2. The Morgan fingerprint density at radius 1 is 1.38 bits per heavy atom. The highest BCUT2D eigenvalue weighted by molar-refractivity contribution is 5.94. The number of rotatable bonds is 3. The van der Waals surface area contributed by atoms with Gasteiger partial charge in [-0.3, -0.25) is 9.69 Å². The average molecular weight is 283 g/mol. The zero-order chi connectivity index (χ0) is 14.8. The Morgan fingerprint density at radius 2 is 2.14 bits per heavy atom. The van der Waals surface area contributed by atoms with Gasteiger partial charge < -0.3 is 9.15 Å². The third-order valence-electron chi connectivity index (χ3n) is 3.34. The number of nitrogens with zero attached hydrogens (tertiary/aromatic N) is 3. The second-order valence-electron chi connectivity index (χ2n) is 4.69. The fraction of sp³-hybridized carbons (Fsp3) is 0.267. The van der Waals surface area contributed by atoms with E-state index in [0.29, 0.717) is 18.9 Å². The molecule has 6 heteroatoms. The summed E-state index contributed by atoms with van der Waals surface area (Å²) < 4.78 is 10.7. The third-order valence-corrected chi connectivity index (χ3v) is 3.34. The molecule has 1 unspecified atom stereocenters. The number of amides is 1. The van der Waals surface area contributed by atoms with E-state index in [1.54, 1.807) is 19.2 Å². The number of anilines is 1. The van der Waals surface area contributed by atoms with E-state index >= 15 is 0 Å². The number of carbonyl (C=O) groups is 1. The van der Waals surface area contributed by atoms with Crippen LogP contribution in [0.25, 0.3) is 11.5 Å². The first kappa shape index (κ1) is 13.2. The Labute approximate surface area is 121 Å². The highest BCUT2D eigenvalue weighted by atomic mass is 16.5. The summed E-state index contributed by atoms with van der Waals surface area (Å²) in [5, 5.41) is 7.89. The Bertz CT molecular complexity index is 700. The van der Waals surface area contributed by atoms with Gasteiger partial charge in [0.25, 0.3) is 0 Å². The first-order valence-corrected chi connectivity index (χ1v) is 6.45. The molecule has 1 amide bonds. The second-order valence-corrected chi connectivity index (χ2v) is 4.69. The molecule has 0 aliphatic carbocycles. The van der Waals surface area contributed by atoms with Crippen molar-refractivity contribution >= 4 is 11.9 Å². The normalized spacial score (nSPS) is 17.8. The molecule has 1 aromatic carbocycles.